The predicted octanol–water partition coefficient (Wildman–Crippen LogP) is 3.32. The van der Waals surface area contributed by atoms with Gasteiger partial charge < -0.3 is 9.47 Å². The fraction of sp³-hybridized carbons (Fsp3) is 0.0588. The molecule has 0 spiro atoms. The SMILES string of the molecule is N=C1S/C(=C\c2cn[nH]c2-c2ccc3c(c2)OCO3)C(=O)N1c1nccs1. The summed E-state index contributed by atoms with van der Waals surface area (Å²) >= 11 is 2.42. The molecule has 0 radical (unpaired) electrons. The number of H-pyrrole nitrogens is 1. The number of hydrogen-bond acceptors (Lipinski definition) is 8. The first-order valence-electron chi connectivity index (χ1n) is 7.86. The lowest BCUT2D eigenvalue weighted by molar-refractivity contribution is -0.113. The third-order valence-electron chi connectivity index (χ3n) is 4.05. The minimum atomic E-state index is -0.266. The van der Waals surface area contributed by atoms with E-state index in [2.05, 4.69) is 15.2 Å². The Labute approximate surface area is 161 Å². The van der Waals surface area contributed by atoms with Crippen molar-refractivity contribution in [2.75, 3.05) is 11.7 Å². The van der Waals surface area contributed by atoms with Crippen molar-refractivity contribution in [1.82, 2.24) is 15.2 Å². The van der Waals surface area contributed by atoms with E-state index in [4.69, 9.17) is 14.9 Å². The van der Waals surface area contributed by atoms with Crippen LogP contribution in [-0.2, 0) is 4.79 Å². The Hall–Kier alpha value is -3.11. The number of amidine groups is 1. The van der Waals surface area contributed by atoms with E-state index in [1.165, 1.54) is 16.2 Å². The molecule has 1 amide bonds. The van der Waals surface area contributed by atoms with Gasteiger partial charge in [-0.15, -0.1) is 11.3 Å². The van der Waals surface area contributed by atoms with E-state index in [1.54, 1.807) is 23.8 Å². The van der Waals surface area contributed by atoms with Gasteiger partial charge in [0.05, 0.1) is 16.8 Å². The summed E-state index contributed by atoms with van der Waals surface area (Å²) in [5.41, 5.74) is 2.37. The molecule has 1 fully saturated rings. The van der Waals surface area contributed by atoms with Gasteiger partial charge in [-0.1, -0.05) is 0 Å². The van der Waals surface area contributed by atoms with E-state index in [1.807, 2.05) is 18.2 Å². The van der Waals surface area contributed by atoms with Gasteiger partial charge in [-0.25, -0.2) is 9.88 Å². The summed E-state index contributed by atoms with van der Waals surface area (Å²) in [6, 6.07) is 5.60. The lowest BCUT2D eigenvalue weighted by Gasteiger charge is -2.08. The molecule has 3 aromatic rings. The molecule has 0 atom stereocenters. The molecular formula is C17H11N5O3S2. The molecule has 1 aromatic carbocycles. The summed E-state index contributed by atoms with van der Waals surface area (Å²) in [4.78, 5) is 18.6. The number of anilines is 1. The summed E-state index contributed by atoms with van der Waals surface area (Å²) < 4.78 is 10.8. The van der Waals surface area contributed by atoms with Crippen LogP contribution in [-0.4, -0.2) is 33.0 Å². The molecule has 8 nitrogen and oxygen atoms in total. The Morgan fingerprint density at radius 2 is 2.19 bits per heavy atom. The minimum Gasteiger partial charge on any atom is -0.454 e. The van der Waals surface area contributed by atoms with Crippen LogP contribution in [0.1, 0.15) is 5.56 Å². The number of amides is 1. The summed E-state index contributed by atoms with van der Waals surface area (Å²) in [6.45, 7) is 0.207. The van der Waals surface area contributed by atoms with Gasteiger partial charge in [0.1, 0.15) is 0 Å². The van der Waals surface area contributed by atoms with Crippen LogP contribution in [0.3, 0.4) is 0 Å². The highest BCUT2D eigenvalue weighted by Crippen LogP contribution is 2.39. The number of aromatic nitrogens is 3. The fourth-order valence-electron chi connectivity index (χ4n) is 2.82. The standard InChI is InChI=1S/C17H11N5O3S2/c18-16-22(17-19-3-4-26-17)15(23)13(27-16)6-10-7-20-21-14(10)9-1-2-11-12(5-9)25-8-24-11/h1-7,18H,8H2,(H,20,21)/b13-6-,18-16?. The number of rotatable bonds is 3. The van der Waals surface area contributed by atoms with Crippen LogP contribution >= 0.6 is 23.1 Å². The first-order chi connectivity index (χ1) is 13.2. The molecule has 0 saturated carbocycles. The zero-order chi connectivity index (χ0) is 18.4. The van der Waals surface area contributed by atoms with E-state index in [0.29, 0.717) is 21.5 Å². The maximum absolute atomic E-state index is 12.7. The molecule has 10 heteroatoms. The van der Waals surface area contributed by atoms with Gasteiger partial charge in [-0.2, -0.15) is 5.10 Å². The van der Waals surface area contributed by atoms with E-state index >= 15 is 0 Å². The predicted molar refractivity (Wildman–Crippen MR) is 103 cm³/mol. The Balaban J connectivity index is 1.50. The van der Waals surface area contributed by atoms with Crippen LogP contribution in [0.2, 0.25) is 0 Å². The maximum Gasteiger partial charge on any atom is 0.273 e. The molecule has 1 saturated heterocycles. The number of benzene rings is 1. The van der Waals surface area contributed by atoms with Crippen molar-refractivity contribution in [2.45, 2.75) is 0 Å². The van der Waals surface area contributed by atoms with Crippen LogP contribution in [0.5, 0.6) is 11.5 Å². The highest BCUT2D eigenvalue weighted by Gasteiger charge is 2.35. The van der Waals surface area contributed by atoms with Crippen molar-refractivity contribution in [1.29, 1.82) is 5.41 Å². The highest BCUT2D eigenvalue weighted by molar-refractivity contribution is 8.19. The van der Waals surface area contributed by atoms with E-state index in [9.17, 15) is 4.79 Å². The van der Waals surface area contributed by atoms with Gasteiger partial charge in [0, 0.05) is 22.7 Å². The monoisotopic (exact) mass is 397 g/mol. The Morgan fingerprint density at radius 3 is 3.04 bits per heavy atom. The van der Waals surface area contributed by atoms with Crippen LogP contribution in [0.15, 0.2) is 40.9 Å². The highest BCUT2D eigenvalue weighted by atomic mass is 32.2. The number of hydrogen-bond donors (Lipinski definition) is 2. The maximum atomic E-state index is 12.7. The molecule has 2 N–H and O–H groups in total. The molecule has 0 aliphatic carbocycles. The number of ether oxygens (including phenoxy) is 2. The molecule has 2 aliphatic heterocycles. The molecule has 2 aromatic heterocycles. The number of nitrogens with one attached hydrogen (secondary N) is 2. The quantitative estimate of drug-likeness (QED) is 0.657. The summed E-state index contributed by atoms with van der Waals surface area (Å²) in [6.07, 6.45) is 5.00. The molecule has 0 bridgehead atoms. The van der Waals surface area contributed by atoms with Gasteiger partial charge in [0.25, 0.3) is 5.91 Å². The topological polar surface area (TPSA) is 104 Å². The molecule has 134 valence electrons. The second kappa shape index (κ2) is 6.25. The Kier molecular flexibility index (Phi) is 3.73. The van der Waals surface area contributed by atoms with Crippen molar-refractivity contribution in [2.24, 2.45) is 0 Å². The average Bonchev–Trinajstić information content (AvgIpc) is 3.43. The van der Waals surface area contributed by atoms with Crippen molar-refractivity contribution < 1.29 is 14.3 Å². The third-order valence-corrected chi connectivity index (χ3v) is 5.70. The molecule has 4 heterocycles. The molecular weight excluding hydrogens is 386 g/mol. The first-order valence-corrected chi connectivity index (χ1v) is 9.56. The van der Waals surface area contributed by atoms with Gasteiger partial charge in [-0.3, -0.25) is 15.3 Å². The lowest BCUT2D eigenvalue weighted by atomic mass is 10.1. The van der Waals surface area contributed by atoms with E-state index in [0.717, 1.165) is 28.6 Å². The molecule has 27 heavy (non-hydrogen) atoms. The Bertz CT molecular complexity index is 1090. The normalized spacial score (nSPS) is 17.3. The largest absolute Gasteiger partial charge is 0.454 e. The summed E-state index contributed by atoms with van der Waals surface area (Å²) in [7, 11) is 0. The van der Waals surface area contributed by atoms with E-state index in [-0.39, 0.29) is 17.9 Å². The van der Waals surface area contributed by atoms with Gasteiger partial charge in [0.15, 0.2) is 21.8 Å². The minimum absolute atomic E-state index is 0.134. The number of thiazole rings is 1. The number of aromatic amines is 1. The third kappa shape index (κ3) is 2.69. The number of carbonyl (C=O) groups excluding carboxylic acids is 1. The molecule has 0 unspecified atom stereocenters. The fourth-order valence-corrected chi connectivity index (χ4v) is 4.35. The van der Waals surface area contributed by atoms with Crippen molar-refractivity contribution >= 4 is 45.4 Å². The van der Waals surface area contributed by atoms with Crippen molar-refractivity contribution in [3.8, 4) is 22.8 Å². The van der Waals surface area contributed by atoms with Crippen molar-refractivity contribution in [3.05, 3.63) is 46.4 Å². The van der Waals surface area contributed by atoms with Crippen LogP contribution in [0.4, 0.5) is 5.13 Å². The van der Waals surface area contributed by atoms with E-state index < -0.39 is 0 Å². The Morgan fingerprint density at radius 1 is 1.30 bits per heavy atom. The smallest absolute Gasteiger partial charge is 0.273 e. The number of nitrogens with zero attached hydrogens (tertiary/aromatic N) is 3. The molecule has 2 aliphatic rings. The number of thioether (sulfide) groups is 1. The zero-order valence-electron chi connectivity index (χ0n) is 13.6. The molecule has 5 rings (SSSR count). The number of fused-ring (bicyclic) bond motifs is 1. The van der Waals surface area contributed by atoms with Crippen molar-refractivity contribution in [3.63, 3.8) is 0 Å². The van der Waals surface area contributed by atoms with Gasteiger partial charge in [-0.05, 0) is 36.0 Å². The van der Waals surface area contributed by atoms with Gasteiger partial charge in [0.2, 0.25) is 6.79 Å². The summed E-state index contributed by atoms with van der Waals surface area (Å²) in [5, 5.41) is 17.6. The second-order valence-corrected chi connectivity index (χ2v) is 7.54. The van der Waals surface area contributed by atoms with Crippen LogP contribution < -0.4 is 14.4 Å². The zero-order valence-corrected chi connectivity index (χ0v) is 15.3. The lowest BCUT2D eigenvalue weighted by Crippen LogP contribution is -2.27. The van der Waals surface area contributed by atoms with Gasteiger partial charge >= 0.3 is 0 Å². The van der Waals surface area contributed by atoms with Crippen LogP contribution in [0, 0.1) is 5.41 Å². The second-order valence-electron chi connectivity index (χ2n) is 5.64. The average molecular weight is 397 g/mol. The summed E-state index contributed by atoms with van der Waals surface area (Å²) in [5.74, 6) is 1.11. The number of carbonyl (C=O) groups is 1. The first kappa shape index (κ1) is 16.1. The van der Waals surface area contributed by atoms with Crippen LogP contribution in [0.25, 0.3) is 17.3 Å².